The molecule has 5 rings (SSSR count). The Morgan fingerprint density at radius 1 is 1.29 bits per heavy atom. The number of hydrogen-bond donors (Lipinski definition) is 2. The van der Waals surface area contributed by atoms with E-state index in [1.807, 2.05) is 4.90 Å². The first-order valence-corrected chi connectivity index (χ1v) is 12.2. The van der Waals surface area contributed by atoms with Gasteiger partial charge in [0.2, 0.25) is 5.91 Å². The Hall–Kier alpha value is -2.65. The Bertz CT molecular complexity index is 1260. The number of rotatable bonds is 5. The van der Waals surface area contributed by atoms with Gasteiger partial charge in [0, 0.05) is 35.9 Å². The molecule has 1 unspecified atom stereocenters. The van der Waals surface area contributed by atoms with E-state index >= 15 is 0 Å². The van der Waals surface area contributed by atoms with Crippen LogP contribution >= 0.6 is 27.5 Å². The van der Waals surface area contributed by atoms with Crippen molar-refractivity contribution in [1.82, 2.24) is 14.9 Å². The summed E-state index contributed by atoms with van der Waals surface area (Å²) in [6.07, 6.45) is 3.39. The molecule has 1 aliphatic heterocycles. The number of carbonyl (C=O) groups excluding carboxylic acids is 1. The van der Waals surface area contributed by atoms with Crippen molar-refractivity contribution < 1.29 is 19.0 Å². The van der Waals surface area contributed by atoms with Gasteiger partial charge in [0.1, 0.15) is 12.1 Å². The molecule has 2 N–H and O–H groups in total. The summed E-state index contributed by atoms with van der Waals surface area (Å²) in [4.78, 5) is 22.0. The van der Waals surface area contributed by atoms with E-state index in [1.54, 1.807) is 25.1 Å². The molecule has 1 saturated heterocycles. The van der Waals surface area contributed by atoms with Crippen LogP contribution < -0.4 is 10.1 Å². The lowest BCUT2D eigenvalue weighted by molar-refractivity contribution is -0.128. The summed E-state index contributed by atoms with van der Waals surface area (Å²) in [6.45, 7) is 3.77. The standard InChI is InChI=1S/C24H23BrClFN4O3/c1-12(32)31-8-14-4-13(5-15(14)9-31)10-34-21-7-19-16(6-20(21)33)24(29-11-28-19)30-18-3-2-17(25)22(26)23(18)27/h2-3,6-7,11,13-15,33H,4-5,8-10H2,1H3,(H,28,29,30)/t13?,14-,15+. The number of ether oxygens (including phenoxy) is 1. The number of phenolic OH excluding ortho intramolecular Hbond substituents is 1. The van der Waals surface area contributed by atoms with Crippen LogP contribution in [-0.2, 0) is 4.79 Å². The van der Waals surface area contributed by atoms with Crippen molar-refractivity contribution in [3.8, 4) is 11.5 Å². The van der Waals surface area contributed by atoms with Gasteiger partial charge in [-0.2, -0.15) is 0 Å². The van der Waals surface area contributed by atoms with Gasteiger partial charge in [-0.15, -0.1) is 0 Å². The van der Waals surface area contributed by atoms with Crippen LogP contribution in [0, 0.1) is 23.6 Å². The minimum absolute atomic E-state index is 0.0352. The van der Waals surface area contributed by atoms with E-state index in [4.69, 9.17) is 16.3 Å². The summed E-state index contributed by atoms with van der Waals surface area (Å²) in [5, 5.41) is 14.0. The van der Waals surface area contributed by atoms with Crippen LogP contribution in [0.15, 0.2) is 35.1 Å². The number of anilines is 2. The number of likely N-dealkylation sites (tertiary alicyclic amines) is 1. The zero-order valence-corrected chi connectivity index (χ0v) is 20.7. The van der Waals surface area contributed by atoms with Gasteiger partial charge in [-0.1, -0.05) is 11.6 Å². The van der Waals surface area contributed by atoms with Gasteiger partial charge >= 0.3 is 0 Å². The monoisotopic (exact) mass is 548 g/mol. The predicted molar refractivity (Wildman–Crippen MR) is 131 cm³/mol. The van der Waals surface area contributed by atoms with Gasteiger partial charge in [0.15, 0.2) is 17.3 Å². The number of amides is 1. The fraction of sp³-hybridized carbons (Fsp3) is 0.375. The van der Waals surface area contributed by atoms with Crippen molar-refractivity contribution >= 4 is 55.8 Å². The number of benzene rings is 2. The van der Waals surface area contributed by atoms with E-state index in [1.165, 1.54) is 12.4 Å². The SMILES string of the molecule is CC(=O)N1C[C@H]2CC(COc3cc4ncnc(Nc5ccc(Br)c(Cl)c5F)c4cc3O)C[C@H]2C1. The predicted octanol–water partition coefficient (Wildman–Crippen LogP) is 5.52. The highest BCUT2D eigenvalue weighted by Crippen LogP contribution is 2.42. The Labute approximate surface area is 209 Å². The molecule has 178 valence electrons. The second kappa shape index (κ2) is 9.19. The van der Waals surface area contributed by atoms with E-state index in [9.17, 15) is 14.3 Å². The average Bonchev–Trinajstić information content (AvgIpc) is 3.38. The number of nitrogens with zero attached hydrogens (tertiary/aromatic N) is 3. The van der Waals surface area contributed by atoms with Crippen LogP contribution in [0.5, 0.6) is 11.5 Å². The Morgan fingerprint density at radius 3 is 2.74 bits per heavy atom. The van der Waals surface area contributed by atoms with Crippen LogP contribution in [0.1, 0.15) is 19.8 Å². The zero-order valence-electron chi connectivity index (χ0n) is 18.4. The number of halogens is 3. The molecule has 10 heteroatoms. The highest BCUT2D eigenvalue weighted by Gasteiger charge is 2.41. The number of aromatic nitrogens is 2. The van der Waals surface area contributed by atoms with E-state index < -0.39 is 5.82 Å². The molecule has 2 aromatic carbocycles. The molecule has 1 aromatic heterocycles. The van der Waals surface area contributed by atoms with Gasteiger partial charge < -0.3 is 20.1 Å². The lowest BCUT2D eigenvalue weighted by atomic mass is 10.0. The fourth-order valence-electron chi connectivity index (χ4n) is 5.06. The Morgan fingerprint density at radius 2 is 2.03 bits per heavy atom. The topological polar surface area (TPSA) is 87.6 Å². The Balaban J connectivity index is 1.30. The number of fused-ring (bicyclic) bond motifs is 2. The van der Waals surface area contributed by atoms with Crippen molar-refractivity contribution in [3.63, 3.8) is 0 Å². The molecule has 1 saturated carbocycles. The zero-order chi connectivity index (χ0) is 24.0. The second-order valence-electron chi connectivity index (χ2n) is 9.00. The molecular weight excluding hydrogens is 527 g/mol. The molecule has 3 aromatic rings. The molecule has 2 heterocycles. The van der Waals surface area contributed by atoms with E-state index in [-0.39, 0.29) is 22.4 Å². The molecule has 2 aliphatic rings. The minimum atomic E-state index is -0.611. The van der Waals surface area contributed by atoms with Crippen molar-refractivity contribution in [2.75, 3.05) is 25.0 Å². The molecule has 34 heavy (non-hydrogen) atoms. The van der Waals surface area contributed by atoms with Gasteiger partial charge in [0.05, 0.1) is 22.8 Å². The lowest BCUT2D eigenvalue weighted by Gasteiger charge is -2.18. The third kappa shape index (κ3) is 4.38. The average molecular weight is 550 g/mol. The summed E-state index contributed by atoms with van der Waals surface area (Å²) in [7, 11) is 0. The molecular formula is C24H23BrClFN4O3. The lowest BCUT2D eigenvalue weighted by Crippen LogP contribution is -2.27. The van der Waals surface area contributed by atoms with Crippen LogP contribution in [-0.4, -0.2) is 45.6 Å². The molecule has 2 fully saturated rings. The summed E-state index contributed by atoms with van der Waals surface area (Å²) in [6, 6.07) is 6.35. The second-order valence-corrected chi connectivity index (χ2v) is 10.2. The van der Waals surface area contributed by atoms with Gasteiger partial charge in [-0.3, -0.25) is 4.79 Å². The van der Waals surface area contributed by atoms with E-state index in [0.717, 1.165) is 25.9 Å². The summed E-state index contributed by atoms with van der Waals surface area (Å²) in [5.41, 5.74) is 0.706. The molecule has 1 amide bonds. The molecule has 0 radical (unpaired) electrons. The van der Waals surface area contributed by atoms with Crippen molar-refractivity contribution in [2.45, 2.75) is 19.8 Å². The molecule has 1 aliphatic carbocycles. The highest BCUT2D eigenvalue weighted by molar-refractivity contribution is 9.10. The summed E-state index contributed by atoms with van der Waals surface area (Å²) in [5.74, 6) is 1.60. The number of hydrogen-bond acceptors (Lipinski definition) is 6. The van der Waals surface area contributed by atoms with E-state index in [0.29, 0.717) is 51.3 Å². The van der Waals surface area contributed by atoms with Gasteiger partial charge in [-0.05, 0) is 64.7 Å². The van der Waals surface area contributed by atoms with Crippen molar-refractivity contribution in [2.24, 2.45) is 17.8 Å². The highest BCUT2D eigenvalue weighted by atomic mass is 79.9. The Kier molecular flexibility index (Phi) is 6.24. The maximum atomic E-state index is 14.5. The van der Waals surface area contributed by atoms with E-state index in [2.05, 4.69) is 31.2 Å². The first-order valence-electron chi connectivity index (χ1n) is 11.1. The largest absolute Gasteiger partial charge is 0.504 e. The molecule has 0 spiro atoms. The number of carbonyl (C=O) groups is 1. The first-order chi connectivity index (χ1) is 16.3. The van der Waals surface area contributed by atoms with Crippen molar-refractivity contribution in [3.05, 3.63) is 45.9 Å². The third-order valence-electron chi connectivity index (χ3n) is 6.77. The van der Waals surface area contributed by atoms with Gasteiger partial charge in [-0.25, -0.2) is 14.4 Å². The smallest absolute Gasteiger partial charge is 0.219 e. The first kappa shape index (κ1) is 23.1. The normalized spacial score (nSPS) is 21.6. The molecule has 7 nitrogen and oxygen atoms in total. The van der Waals surface area contributed by atoms with Gasteiger partial charge in [0.25, 0.3) is 0 Å². The van der Waals surface area contributed by atoms with Crippen molar-refractivity contribution in [1.29, 1.82) is 0 Å². The summed E-state index contributed by atoms with van der Waals surface area (Å²) >= 11 is 9.18. The van der Waals surface area contributed by atoms with Crippen LogP contribution in [0.25, 0.3) is 10.9 Å². The molecule has 3 atom stereocenters. The number of aromatic hydroxyl groups is 1. The number of nitrogens with one attached hydrogen (secondary N) is 1. The third-order valence-corrected chi connectivity index (χ3v) is 8.03. The maximum absolute atomic E-state index is 14.5. The summed E-state index contributed by atoms with van der Waals surface area (Å²) < 4.78 is 21.0. The maximum Gasteiger partial charge on any atom is 0.219 e. The molecule has 0 bridgehead atoms. The van der Waals surface area contributed by atoms with Crippen LogP contribution in [0.2, 0.25) is 5.02 Å². The van der Waals surface area contributed by atoms with Crippen LogP contribution in [0.3, 0.4) is 0 Å². The van der Waals surface area contributed by atoms with Crippen LogP contribution in [0.4, 0.5) is 15.9 Å². The number of phenols is 1. The fourth-order valence-corrected chi connectivity index (χ4v) is 5.53. The quantitative estimate of drug-likeness (QED) is 0.408. The minimum Gasteiger partial charge on any atom is -0.504 e.